The standard InChI is InChI=1S/C9H10N2O4/c1-6-4-14-5-8(15-6)11-3-2-7(12)10-9(11)13/h2-3,8H,1,4-5H2,(H,10,12,13)/t8-/m1/s1. The topological polar surface area (TPSA) is 73.3 Å². The van der Waals surface area contributed by atoms with Gasteiger partial charge in [0.2, 0.25) is 6.23 Å². The van der Waals surface area contributed by atoms with Crippen LogP contribution < -0.4 is 11.2 Å². The van der Waals surface area contributed by atoms with E-state index in [1.807, 2.05) is 0 Å². The van der Waals surface area contributed by atoms with Crippen LogP contribution in [-0.4, -0.2) is 22.8 Å². The summed E-state index contributed by atoms with van der Waals surface area (Å²) in [5.74, 6) is 0.462. The molecule has 1 N–H and O–H groups in total. The molecule has 1 atom stereocenters. The van der Waals surface area contributed by atoms with Gasteiger partial charge in [-0.25, -0.2) is 4.79 Å². The molecule has 2 heterocycles. The number of hydrogen-bond donors (Lipinski definition) is 1. The highest BCUT2D eigenvalue weighted by atomic mass is 16.6. The first kappa shape index (κ1) is 9.72. The molecule has 80 valence electrons. The van der Waals surface area contributed by atoms with Gasteiger partial charge < -0.3 is 9.47 Å². The monoisotopic (exact) mass is 210 g/mol. The Kier molecular flexibility index (Phi) is 2.42. The van der Waals surface area contributed by atoms with E-state index in [9.17, 15) is 9.59 Å². The van der Waals surface area contributed by atoms with E-state index in [1.165, 1.54) is 16.8 Å². The van der Waals surface area contributed by atoms with Crippen molar-refractivity contribution in [3.63, 3.8) is 0 Å². The van der Waals surface area contributed by atoms with Gasteiger partial charge in [-0.3, -0.25) is 14.3 Å². The molecule has 1 aromatic rings. The third-order valence-corrected chi connectivity index (χ3v) is 1.99. The SMILES string of the molecule is C=C1COC[C@H](n2ccc(=O)[nH]c2=O)O1. The quantitative estimate of drug-likeness (QED) is 0.684. The number of ether oxygens (including phenoxy) is 2. The van der Waals surface area contributed by atoms with E-state index in [-0.39, 0.29) is 6.61 Å². The van der Waals surface area contributed by atoms with E-state index < -0.39 is 17.5 Å². The van der Waals surface area contributed by atoms with Crippen LogP contribution in [0.1, 0.15) is 6.23 Å². The number of aromatic nitrogens is 2. The van der Waals surface area contributed by atoms with Crippen LogP contribution >= 0.6 is 0 Å². The van der Waals surface area contributed by atoms with Crippen molar-refractivity contribution in [1.82, 2.24) is 9.55 Å². The number of rotatable bonds is 1. The number of aromatic amines is 1. The predicted molar refractivity (Wildman–Crippen MR) is 51.4 cm³/mol. The van der Waals surface area contributed by atoms with Gasteiger partial charge in [0, 0.05) is 12.3 Å². The van der Waals surface area contributed by atoms with E-state index in [1.54, 1.807) is 0 Å². The minimum Gasteiger partial charge on any atom is -0.470 e. The van der Waals surface area contributed by atoms with Crippen molar-refractivity contribution in [3.05, 3.63) is 45.4 Å². The van der Waals surface area contributed by atoms with Gasteiger partial charge in [0.15, 0.2) is 0 Å². The summed E-state index contributed by atoms with van der Waals surface area (Å²) >= 11 is 0. The van der Waals surface area contributed by atoms with Crippen molar-refractivity contribution in [1.29, 1.82) is 0 Å². The molecule has 2 rings (SSSR count). The van der Waals surface area contributed by atoms with Crippen LogP contribution in [0.5, 0.6) is 0 Å². The summed E-state index contributed by atoms with van der Waals surface area (Å²) in [5, 5.41) is 0. The van der Waals surface area contributed by atoms with Gasteiger partial charge >= 0.3 is 5.69 Å². The van der Waals surface area contributed by atoms with Crippen molar-refractivity contribution in [2.75, 3.05) is 13.2 Å². The molecule has 0 aromatic carbocycles. The zero-order valence-electron chi connectivity index (χ0n) is 7.93. The molecule has 15 heavy (non-hydrogen) atoms. The molecule has 6 heteroatoms. The Morgan fingerprint density at radius 2 is 2.33 bits per heavy atom. The summed E-state index contributed by atoms with van der Waals surface area (Å²) in [6.45, 7) is 4.19. The molecule has 0 amide bonds. The highest BCUT2D eigenvalue weighted by molar-refractivity contribution is 4.89. The highest BCUT2D eigenvalue weighted by Crippen LogP contribution is 2.16. The Hall–Kier alpha value is -1.82. The molecule has 1 aromatic heterocycles. The van der Waals surface area contributed by atoms with Crippen molar-refractivity contribution < 1.29 is 9.47 Å². The summed E-state index contributed by atoms with van der Waals surface area (Å²) in [4.78, 5) is 24.4. The molecule has 1 fully saturated rings. The third kappa shape index (κ3) is 1.99. The van der Waals surface area contributed by atoms with E-state index in [4.69, 9.17) is 9.47 Å². The lowest BCUT2D eigenvalue weighted by Gasteiger charge is -2.26. The lowest BCUT2D eigenvalue weighted by Crippen LogP contribution is -2.36. The van der Waals surface area contributed by atoms with Gasteiger partial charge in [-0.15, -0.1) is 0 Å². The van der Waals surface area contributed by atoms with E-state index >= 15 is 0 Å². The molecule has 0 aliphatic carbocycles. The van der Waals surface area contributed by atoms with Gasteiger partial charge in [0.1, 0.15) is 19.0 Å². The summed E-state index contributed by atoms with van der Waals surface area (Å²) in [6.07, 6.45) is 0.809. The maximum absolute atomic E-state index is 11.4. The first-order valence-electron chi connectivity index (χ1n) is 4.40. The van der Waals surface area contributed by atoms with Crippen molar-refractivity contribution in [2.45, 2.75) is 6.23 Å². The second-order valence-corrected chi connectivity index (χ2v) is 3.14. The second kappa shape index (κ2) is 3.74. The Bertz CT molecular complexity index is 487. The molecular formula is C9H10N2O4. The zero-order chi connectivity index (χ0) is 10.8. The molecular weight excluding hydrogens is 200 g/mol. The van der Waals surface area contributed by atoms with Gasteiger partial charge in [-0.2, -0.15) is 0 Å². The lowest BCUT2D eigenvalue weighted by molar-refractivity contribution is -0.0816. The molecule has 0 spiro atoms. The van der Waals surface area contributed by atoms with Gasteiger partial charge in [-0.05, 0) is 0 Å². The number of nitrogens with one attached hydrogen (secondary N) is 1. The van der Waals surface area contributed by atoms with Crippen LogP contribution in [0.4, 0.5) is 0 Å². The Labute approximate surface area is 84.8 Å². The Morgan fingerprint density at radius 3 is 3.00 bits per heavy atom. The van der Waals surface area contributed by atoms with Gasteiger partial charge in [-0.1, -0.05) is 6.58 Å². The fourth-order valence-corrected chi connectivity index (χ4v) is 1.33. The van der Waals surface area contributed by atoms with Crippen LogP contribution in [-0.2, 0) is 9.47 Å². The minimum absolute atomic E-state index is 0.255. The van der Waals surface area contributed by atoms with Crippen LogP contribution in [0.3, 0.4) is 0 Å². The first-order valence-corrected chi connectivity index (χ1v) is 4.40. The fourth-order valence-electron chi connectivity index (χ4n) is 1.33. The predicted octanol–water partition coefficient (Wildman–Crippen LogP) is -0.404. The molecule has 1 saturated heterocycles. The molecule has 0 radical (unpaired) electrons. The van der Waals surface area contributed by atoms with Gasteiger partial charge in [0.25, 0.3) is 5.56 Å². The normalized spacial score (nSPS) is 21.1. The maximum atomic E-state index is 11.4. The summed E-state index contributed by atoms with van der Waals surface area (Å²) in [5.41, 5.74) is -0.961. The van der Waals surface area contributed by atoms with Crippen LogP contribution in [0.2, 0.25) is 0 Å². The molecule has 1 aliphatic rings. The average molecular weight is 210 g/mol. The number of H-pyrrole nitrogens is 1. The van der Waals surface area contributed by atoms with E-state index in [0.717, 1.165) is 0 Å². The van der Waals surface area contributed by atoms with Crippen LogP contribution in [0, 0.1) is 0 Å². The van der Waals surface area contributed by atoms with Gasteiger partial charge in [0.05, 0.1) is 0 Å². The molecule has 0 saturated carbocycles. The van der Waals surface area contributed by atoms with Crippen LogP contribution in [0.15, 0.2) is 34.2 Å². The second-order valence-electron chi connectivity index (χ2n) is 3.14. The molecule has 1 aliphatic heterocycles. The summed E-state index contributed by atoms with van der Waals surface area (Å²) in [7, 11) is 0. The third-order valence-electron chi connectivity index (χ3n) is 1.99. The molecule has 0 unspecified atom stereocenters. The summed E-state index contributed by atoms with van der Waals surface area (Å²) in [6, 6.07) is 1.25. The molecule has 6 nitrogen and oxygen atoms in total. The van der Waals surface area contributed by atoms with Crippen LogP contribution in [0.25, 0.3) is 0 Å². The maximum Gasteiger partial charge on any atom is 0.331 e. The lowest BCUT2D eigenvalue weighted by atomic mass is 10.4. The number of hydrogen-bond acceptors (Lipinski definition) is 4. The largest absolute Gasteiger partial charge is 0.470 e. The van der Waals surface area contributed by atoms with Crippen molar-refractivity contribution in [3.8, 4) is 0 Å². The Morgan fingerprint density at radius 1 is 1.53 bits per heavy atom. The first-order chi connectivity index (χ1) is 7.16. The fraction of sp³-hybridized carbons (Fsp3) is 0.333. The zero-order valence-corrected chi connectivity index (χ0v) is 7.93. The highest BCUT2D eigenvalue weighted by Gasteiger charge is 2.19. The van der Waals surface area contributed by atoms with E-state index in [0.29, 0.717) is 12.4 Å². The van der Waals surface area contributed by atoms with Crippen molar-refractivity contribution >= 4 is 0 Å². The summed E-state index contributed by atoms with van der Waals surface area (Å²) < 4.78 is 11.7. The Balaban J connectivity index is 2.33. The number of nitrogens with zero attached hydrogens (tertiary/aromatic N) is 1. The minimum atomic E-state index is -0.560. The molecule has 0 bridgehead atoms. The van der Waals surface area contributed by atoms with E-state index in [2.05, 4.69) is 11.6 Å². The average Bonchev–Trinajstić information content (AvgIpc) is 2.17. The van der Waals surface area contributed by atoms with Crippen molar-refractivity contribution in [2.24, 2.45) is 0 Å². The smallest absolute Gasteiger partial charge is 0.331 e.